The monoisotopic (exact) mass is 494 g/mol. The summed E-state index contributed by atoms with van der Waals surface area (Å²) in [4.78, 5) is 18.9. The number of hydrogen-bond donors (Lipinski definition) is 3. The summed E-state index contributed by atoms with van der Waals surface area (Å²) in [6.07, 6.45) is -0.578. The molecule has 3 N–H and O–H groups in total. The van der Waals surface area contributed by atoms with Crippen molar-refractivity contribution in [3.05, 3.63) is 47.3 Å². The van der Waals surface area contributed by atoms with Crippen molar-refractivity contribution in [2.75, 3.05) is 11.0 Å². The molecular formula is C21H25FN3NaO6S. The molecule has 2 rings (SSSR count). The van der Waals surface area contributed by atoms with Gasteiger partial charge in [-0.1, -0.05) is 26.0 Å². The second-order valence-electron chi connectivity index (χ2n) is 7.30. The number of benzene rings is 1. The number of aromatic nitrogens is 2. The molecule has 0 saturated heterocycles. The number of carboxylic acids is 1. The average Bonchev–Trinajstić information content (AvgIpc) is 2.73. The summed E-state index contributed by atoms with van der Waals surface area (Å²) in [6.45, 7) is 3.38. The van der Waals surface area contributed by atoms with Crippen LogP contribution in [0.1, 0.15) is 49.3 Å². The van der Waals surface area contributed by atoms with E-state index in [1.165, 1.54) is 6.08 Å². The summed E-state index contributed by atoms with van der Waals surface area (Å²) in [7, 11) is -3.87. The van der Waals surface area contributed by atoms with E-state index >= 15 is 0 Å². The molecule has 174 valence electrons. The Kier molecular flexibility index (Phi) is 8.69. The first-order valence-corrected chi connectivity index (χ1v) is 11.3. The molecule has 2 aromatic rings. The minimum absolute atomic E-state index is 0. The van der Waals surface area contributed by atoms with E-state index in [1.54, 1.807) is 13.8 Å². The number of aliphatic hydroxyl groups is 2. The van der Waals surface area contributed by atoms with E-state index in [0.29, 0.717) is 0 Å². The van der Waals surface area contributed by atoms with E-state index in [-0.39, 0.29) is 52.9 Å². The van der Waals surface area contributed by atoms with Crippen LogP contribution in [0, 0.1) is 5.82 Å². The number of halogens is 1. The van der Waals surface area contributed by atoms with Gasteiger partial charge in [-0.2, -0.15) is 0 Å². The summed E-state index contributed by atoms with van der Waals surface area (Å²) in [6, 6.07) is -3.47. The van der Waals surface area contributed by atoms with Gasteiger partial charge in [0.15, 0.2) is 0 Å². The van der Waals surface area contributed by atoms with Gasteiger partial charge in [0.1, 0.15) is 5.82 Å². The third kappa shape index (κ3) is 9.48. The van der Waals surface area contributed by atoms with Gasteiger partial charge in [0.05, 0.1) is 35.3 Å². The second kappa shape index (κ2) is 12.5. The van der Waals surface area contributed by atoms with Gasteiger partial charge in [0.2, 0.25) is 16.0 Å². The van der Waals surface area contributed by atoms with Gasteiger partial charge < -0.3 is 20.1 Å². The van der Waals surface area contributed by atoms with Gasteiger partial charge in [-0.15, -0.1) is 0 Å². The van der Waals surface area contributed by atoms with E-state index < -0.39 is 82.0 Å². The maximum Gasteiger partial charge on any atom is 1.00 e. The summed E-state index contributed by atoms with van der Waals surface area (Å²) < 4.78 is 71.9. The predicted octanol–water partition coefficient (Wildman–Crippen LogP) is -1.95. The van der Waals surface area contributed by atoms with Gasteiger partial charge in [-0.05, 0) is 30.1 Å². The number of aliphatic carboxylic acids is 1. The van der Waals surface area contributed by atoms with Gasteiger partial charge in [-0.25, -0.2) is 22.8 Å². The SMILES string of the molecule is [2H]c1c([2H])c(-c2n[13c](NS(C)(=O)=O)nc(C(C)C)c2/C=C/[C@@H](O)C[C@@H](O)CC(=O)[O-])c([2H])c([2H])c1F.[Na+]. The number of rotatable bonds is 10. The van der Waals surface area contributed by atoms with E-state index in [2.05, 4.69) is 14.7 Å². The van der Waals surface area contributed by atoms with Gasteiger partial charge >= 0.3 is 29.6 Å². The molecule has 0 fully saturated rings. The van der Waals surface area contributed by atoms with Crippen LogP contribution >= 0.6 is 0 Å². The first kappa shape index (κ1) is 22.9. The van der Waals surface area contributed by atoms with Crippen LogP contribution in [0.4, 0.5) is 10.3 Å². The third-order valence-corrected chi connectivity index (χ3v) is 4.58. The molecule has 0 unspecified atom stereocenters. The Morgan fingerprint density at radius 3 is 2.39 bits per heavy atom. The van der Waals surface area contributed by atoms with Crippen LogP contribution in [0.25, 0.3) is 17.3 Å². The fraction of sp³-hybridized carbons (Fsp3) is 0.381. The first-order valence-electron chi connectivity index (χ1n) is 11.4. The van der Waals surface area contributed by atoms with Crippen molar-refractivity contribution < 1.29 is 68.0 Å². The van der Waals surface area contributed by atoms with Crippen molar-refractivity contribution in [1.82, 2.24) is 9.97 Å². The standard InChI is InChI=1S/C21H26FN3O6S.Na/c1-12(2)19-17(9-8-15(26)10-16(27)11-18(28)29)20(13-4-6-14(22)7-5-13)24-21(23-19)25-32(3,30)31;/h4-9,12,15-16,26-27H,10-11H2,1-3H3,(H,28,29)(H,23,24,25);/q;+1/p-1/b9-8+;/t15-,16-;/m1./s1/i4D,5D,6D,7D,21+1;. The minimum Gasteiger partial charge on any atom is -0.550 e. The second-order valence-corrected chi connectivity index (χ2v) is 9.05. The molecule has 9 nitrogen and oxygen atoms in total. The predicted molar refractivity (Wildman–Crippen MR) is 115 cm³/mol. The molecule has 0 aliphatic heterocycles. The molecular weight excluding hydrogens is 465 g/mol. The van der Waals surface area contributed by atoms with Crippen LogP contribution in [0.15, 0.2) is 30.2 Å². The topological polar surface area (TPSA) is 153 Å². The number of anilines is 1. The number of nitrogens with zero attached hydrogens (tertiary/aromatic N) is 2. The van der Waals surface area contributed by atoms with Crippen molar-refractivity contribution >= 4 is 28.0 Å². The van der Waals surface area contributed by atoms with Crippen LogP contribution in [0.5, 0.6) is 0 Å². The van der Waals surface area contributed by atoms with Gasteiger partial charge in [-0.3, -0.25) is 4.72 Å². The number of carbonyl (C=O) groups excluding carboxylic acids is 1. The Morgan fingerprint density at radius 2 is 1.88 bits per heavy atom. The summed E-state index contributed by atoms with van der Waals surface area (Å²) in [5.74, 6) is -3.73. The van der Waals surface area contributed by atoms with Crippen LogP contribution in [-0.4, -0.2) is 53.0 Å². The van der Waals surface area contributed by atoms with Gasteiger partial charge in [0, 0.05) is 29.9 Å². The summed E-state index contributed by atoms with van der Waals surface area (Å²) in [5.41, 5.74) is -0.440. The van der Waals surface area contributed by atoms with Crippen molar-refractivity contribution in [3.8, 4) is 11.3 Å². The number of nitrogens with one attached hydrogen (secondary N) is 1. The Labute approximate surface area is 219 Å². The number of aliphatic hydroxyl groups excluding tert-OH is 2. The zero-order valence-corrected chi connectivity index (χ0v) is 21.3. The summed E-state index contributed by atoms with van der Waals surface area (Å²) >= 11 is 0. The van der Waals surface area contributed by atoms with Crippen LogP contribution in [0.2, 0.25) is 0 Å². The van der Waals surface area contributed by atoms with E-state index in [1.807, 2.05) is 0 Å². The first-order chi connectivity index (χ1) is 16.5. The molecule has 2 atom stereocenters. The van der Waals surface area contributed by atoms with Crippen LogP contribution in [0.3, 0.4) is 0 Å². The molecule has 0 spiro atoms. The van der Waals surface area contributed by atoms with Crippen LogP contribution < -0.4 is 39.4 Å². The molecule has 0 bridgehead atoms. The molecule has 1 aromatic carbocycles. The fourth-order valence-electron chi connectivity index (χ4n) is 2.75. The van der Waals surface area contributed by atoms with E-state index in [9.17, 15) is 32.9 Å². The number of sulfonamides is 1. The molecule has 1 heterocycles. The molecule has 1 aromatic heterocycles. The average molecular weight is 495 g/mol. The molecule has 0 radical (unpaired) electrons. The summed E-state index contributed by atoms with van der Waals surface area (Å²) in [5, 5.41) is 30.6. The molecule has 0 amide bonds. The molecule has 33 heavy (non-hydrogen) atoms. The van der Waals surface area contributed by atoms with Crippen LogP contribution in [-0.2, 0) is 14.8 Å². The zero-order chi connectivity index (χ0) is 27.5. The smallest absolute Gasteiger partial charge is 0.550 e. The minimum atomic E-state index is -3.87. The molecule has 0 saturated carbocycles. The number of carbonyl (C=O) groups is 1. The van der Waals surface area contributed by atoms with Crippen molar-refractivity contribution in [1.29, 1.82) is 0 Å². The van der Waals surface area contributed by atoms with Gasteiger partial charge in [0.25, 0.3) is 0 Å². The zero-order valence-electron chi connectivity index (χ0n) is 22.5. The Morgan fingerprint density at radius 1 is 1.27 bits per heavy atom. The molecule has 0 aliphatic carbocycles. The third-order valence-electron chi connectivity index (χ3n) is 4.03. The number of carboxylic acid groups (broad SMARTS) is 1. The molecule has 12 heteroatoms. The number of hydrogen-bond acceptors (Lipinski definition) is 8. The quantitative estimate of drug-likeness (QED) is 0.322. The largest absolute Gasteiger partial charge is 1.00 e. The molecule has 0 aliphatic rings. The Balaban J connectivity index is 0.00000684. The van der Waals surface area contributed by atoms with Crippen molar-refractivity contribution in [2.24, 2.45) is 0 Å². The van der Waals surface area contributed by atoms with Crippen molar-refractivity contribution in [2.45, 2.75) is 44.8 Å². The maximum absolute atomic E-state index is 14.2. The fourth-order valence-corrected chi connectivity index (χ4v) is 3.17. The Bertz CT molecular complexity index is 1280. The maximum atomic E-state index is 14.2. The normalized spacial score (nSPS) is 15.2. The van der Waals surface area contributed by atoms with E-state index in [0.717, 1.165) is 12.3 Å². The van der Waals surface area contributed by atoms with E-state index in [4.69, 9.17) is 5.48 Å². The van der Waals surface area contributed by atoms with Crippen molar-refractivity contribution in [3.63, 3.8) is 0 Å². The Hall–Kier alpha value is -1.89.